The van der Waals surface area contributed by atoms with Crippen LogP contribution in [0.4, 0.5) is 4.39 Å². The van der Waals surface area contributed by atoms with Crippen LogP contribution in [-0.2, 0) is 16.1 Å². The lowest BCUT2D eigenvalue weighted by Crippen LogP contribution is -2.56. The Morgan fingerprint density at radius 1 is 1.29 bits per heavy atom. The first-order chi connectivity index (χ1) is 11.1. The van der Waals surface area contributed by atoms with Crippen molar-refractivity contribution in [3.63, 3.8) is 0 Å². The van der Waals surface area contributed by atoms with E-state index in [-0.39, 0.29) is 42.6 Å². The lowest BCUT2D eigenvalue weighted by molar-refractivity contribution is -0.147. The highest BCUT2D eigenvalue weighted by atomic mass is 35.5. The number of carbonyl (C=O) groups is 2. The predicted molar refractivity (Wildman–Crippen MR) is 91.3 cm³/mol. The van der Waals surface area contributed by atoms with Crippen LogP contribution in [0.15, 0.2) is 24.3 Å². The zero-order chi connectivity index (χ0) is 16.2. The van der Waals surface area contributed by atoms with Crippen molar-refractivity contribution in [1.29, 1.82) is 0 Å². The van der Waals surface area contributed by atoms with Gasteiger partial charge in [0.15, 0.2) is 0 Å². The van der Waals surface area contributed by atoms with Crippen LogP contribution < -0.4 is 5.32 Å². The molecule has 0 aromatic heterocycles. The lowest BCUT2D eigenvalue weighted by atomic mass is 10.0. The Morgan fingerprint density at radius 2 is 2.12 bits per heavy atom. The van der Waals surface area contributed by atoms with Crippen LogP contribution in [0.25, 0.3) is 0 Å². The molecule has 0 spiro atoms. The Hall–Kier alpha value is -1.66. The van der Waals surface area contributed by atoms with Gasteiger partial charge >= 0.3 is 0 Å². The monoisotopic (exact) mass is 355 g/mol. The Kier molecular flexibility index (Phi) is 6.57. The van der Waals surface area contributed by atoms with Crippen molar-refractivity contribution in [1.82, 2.24) is 15.1 Å². The molecule has 0 aliphatic carbocycles. The van der Waals surface area contributed by atoms with Crippen molar-refractivity contribution < 1.29 is 14.0 Å². The van der Waals surface area contributed by atoms with E-state index >= 15 is 0 Å². The van der Waals surface area contributed by atoms with E-state index < -0.39 is 0 Å². The van der Waals surface area contributed by atoms with E-state index in [2.05, 4.69) is 5.32 Å². The number of piperazine rings is 1. The van der Waals surface area contributed by atoms with E-state index in [0.717, 1.165) is 31.4 Å². The third-order valence-corrected chi connectivity index (χ3v) is 4.50. The van der Waals surface area contributed by atoms with Gasteiger partial charge in [0.2, 0.25) is 11.8 Å². The number of hydrogen-bond donors (Lipinski definition) is 1. The maximum Gasteiger partial charge on any atom is 0.242 e. The van der Waals surface area contributed by atoms with Crippen LogP contribution in [0.5, 0.6) is 0 Å². The minimum Gasteiger partial charge on any atom is -0.335 e. The number of halogens is 2. The molecule has 1 atom stereocenters. The summed E-state index contributed by atoms with van der Waals surface area (Å²) < 4.78 is 13.2. The Balaban J connectivity index is 0.00000208. The molecule has 1 N–H and O–H groups in total. The van der Waals surface area contributed by atoms with Gasteiger partial charge in [0.25, 0.3) is 0 Å². The number of nitrogens with one attached hydrogen (secondary N) is 1. The molecule has 2 amide bonds. The van der Waals surface area contributed by atoms with E-state index in [1.54, 1.807) is 21.9 Å². The van der Waals surface area contributed by atoms with Gasteiger partial charge in [-0.15, -0.1) is 12.4 Å². The highest BCUT2D eigenvalue weighted by Gasteiger charge is 2.31. The fourth-order valence-electron chi connectivity index (χ4n) is 3.20. The van der Waals surface area contributed by atoms with E-state index in [1.807, 2.05) is 0 Å². The Morgan fingerprint density at radius 3 is 2.79 bits per heavy atom. The molecule has 0 saturated carbocycles. The maximum atomic E-state index is 13.2. The van der Waals surface area contributed by atoms with Gasteiger partial charge in [-0.1, -0.05) is 18.6 Å². The summed E-state index contributed by atoms with van der Waals surface area (Å²) in [6.07, 6.45) is 3.00. The molecule has 2 aliphatic rings. The molecule has 2 aliphatic heterocycles. The summed E-state index contributed by atoms with van der Waals surface area (Å²) in [5.74, 6) is -0.347. The van der Waals surface area contributed by atoms with Gasteiger partial charge in [0.1, 0.15) is 5.82 Å². The summed E-state index contributed by atoms with van der Waals surface area (Å²) in [5.41, 5.74) is 0.770. The summed E-state index contributed by atoms with van der Waals surface area (Å²) >= 11 is 0. The van der Waals surface area contributed by atoms with E-state index in [9.17, 15) is 14.0 Å². The Bertz CT molecular complexity index is 593. The summed E-state index contributed by atoms with van der Waals surface area (Å²) in [6, 6.07) is 6.13. The van der Waals surface area contributed by atoms with Gasteiger partial charge in [-0.2, -0.15) is 0 Å². The molecule has 1 aromatic rings. The fourth-order valence-corrected chi connectivity index (χ4v) is 3.20. The summed E-state index contributed by atoms with van der Waals surface area (Å²) in [5, 5.41) is 3.23. The molecule has 0 bridgehead atoms. The summed E-state index contributed by atoms with van der Waals surface area (Å²) in [4.78, 5) is 28.1. The topological polar surface area (TPSA) is 52.7 Å². The Labute approximate surface area is 147 Å². The average molecular weight is 356 g/mol. The average Bonchev–Trinajstić information content (AvgIpc) is 2.57. The van der Waals surface area contributed by atoms with Crippen LogP contribution in [0.2, 0.25) is 0 Å². The molecule has 0 radical (unpaired) electrons. The maximum absolute atomic E-state index is 13.2. The number of nitrogens with zero attached hydrogens (tertiary/aromatic N) is 2. The molecule has 2 heterocycles. The van der Waals surface area contributed by atoms with Gasteiger partial charge in [-0.25, -0.2) is 4.39 Å². The molecular formula is C17H23ClFN3O2. The van der Waals surface area contributed by atoms with Crippen molar-refractivity contribution in [2.24, 2.45) is 0 Å². The van der Waals surface area contributed by atoms with Crippen LogP contribution >= 0.6 is 12.4 Å². The van der Waals surface area contributed by atoms with E-state index in [0.29, 0.717) is 19.6 Å². The molecule has 5 nitrogen and oxygen atoms in total. The van der Waals surface area contributed by atoms with Crippen molar-refractivity contribution in [3.8, 4) is 0 Å². The number of carbonyl (C=O) groups excluding carboxylic acids is 2. The first-order valence-electron chi connectivity index (χ1n) is 8.18. The quantitative estimate of drug-likeness (QED) is 0.895. The minimum atomic E-state index is -0.299. The number of piperidine rings is 1. The molecule has 3 rings (SSSR count). The zero-order valence-corrected chi connectivity index (χ0v) is 14.4. The minimum absolute atomic E-state index is 0. The highest BCUT2D eigenvalue weighted by Crippen LogP contribution is 2.14. The molecule has 7 heteroatoms. The lowest BCUT2D eigenvalue weighted by Gasteiger charge is -2.37. The third-order valence-electron chi connectivity index (χ3n) is 4.50. The summed E-state index contributed by atoms with van der Waals surface area (Å²) in [6.45, 7) is 2.41. The van der Waals surface area contributed by atoms with Crippen LogP contribution in [-0.4, -0.2) is 53.8 Å². The van der Waals surface area contributed by atoms with Gasteiger partial charge in [0.05, 0.1) is 12.6 Å². The largest absolute Gasteiger partial charge is 0.335 e. The second-order valence-electron chi connectivity index (χ2n) is 6.21. The number of hydrogen-bond acceptors (Lipinski definition) is 3. The molecule has 2 fully saturated rings. The van der Waals surface area contributed by atoms with E-state index in [4.69, 9.17) is 0 Å². The van der Waals surface area contributed by atoms with Crippen LogP contribution in [0, 0.1) is 5.82 Å². The van der Waals surface area contributed by atoms with Crippen molar-refractivity contribution >= 4 is 24.2 Å². The predicted octanol–water partition coefficient (Wildman–Crippen LogP) is 1.56. The SMILES string of the molecule is Cl.O=C1CN(C(=O)C2CCCCN2)CCN1Cc1cccc(F)c1. The number of amides is 2. The van der Waals surface area contributed by atoms with Crippen LogP contribution in [0.3, 0.4) is 0 Å². The molecule has 1 aromatic carbocycles. The molecule has 24 heavy (non-hydrogen) atoms. The first kappa shape index (κ1) is 18.7. The first-order valence-corrected chi connectivity index (χ1v) is 8.18. The smallest absolute Gasteiger partial charge is 0.242 e. The van der Waals surface area contributed by atoms with Gasteiger partial charge in [-0.3, -0.25) is 9.59 Å². The highest BCUT2D eigenvalue weighted by molar-refractivity contribution is 5.88. The third kappa shape index (κ3) is 4.45. The van der Waals surface area contributed by atoms with Crippen molar-refractivity contribution in [2.75, 3.05) is 26.2 Å². The number of benzene rings is 1. The zero-order valence-electron chi connectivity index (χ0n) is 13.5. The van der Waals surface area contributed by atoms with Gasteiger partial charge in [0, 0.05) is 19.6 Å². The molecule has 1 unspecified atom stereocenters. The van der Waals surface area contributed by atoms with Gasteiger partial charge < -0.3 is 15.1 Å². The fraction of sp³-hybridized carbons (Fsp3) is 0.529. The normalized spacial score (nSPS) is 21.4. The van der Waals surface area contributed by atoms with Gasteiger partial charge in [-0.05, 0) is 37.1 Å². The standard InChI is InChI=1S/C17H22FN3O2.ClH/c18-14-5-3-4-13(10-14)11-20-8-9-21(12-16(20)22)17(23)15-6-1-2-7-19-15;/h3-5,10,15,19H,1-2,6-9,11-12H2;1H. The molecule has 2 saturated heterocycles. The number of rotatable bonds is 3. The van der Waals surface area contributed by atoms with E-state index in [1.165, 1.54) is 12.1 Å². The molecular weight excluding hydrogens is 333 g/mol. The summed E-state index contributed by atoms with van der Waals surface area (Å²) in [7, 11) is 0. The van der Waals surface area contributed by atoms with Crippen molar-refractivity contribution in [3.05, 3.63) is 35.6 Å². The second-order valence-corrected chi connectivity index (χ2v) is 6.21. The second kappa shape index (κ2) is 8.44. The molecule has 132 valence electrons. The van der Waals surface area contributed by atoms with Crippen molar-refractivity contribution in [2.45, 2.75) is 31.8 Å². The van der Waals surface area contributed by atoms with Crippen LogP contribution in [0.1, 0.15) is 24.8 Å².